The van der Waals surface area contributed by atoms with Crippen molar-refractivity contribution in [3.05, 3.63) is 59.3 Å². The number of benzene rings is 1. The lowest BCUT2D eigenvalue weighted by atomic mass is 10.1. The molecule has 0 saturated heterocycles. The predicted molar refractivity (Wildman–Crippen MR) is 83.8 cm³/mol. The number of rotatable bonds is 5. The van der Waals surface area contributed by atoms with Crippen molar-refractivity contribution < 1.29 is 13.2 Å². The number of nitrogens with one attached hydrogen (secondary N) is 1. The van der Waals surface area contributed by atoms with Crippen LogP contribution in [0.5, 0.6) is 0 Å². The molecule has 0 spiro atoms. The van der Waals surface area contributed by atoms with Crippen LogP contribution in [0, 0.1) is 0 Å². The standard InChI is InChI=1S/C15H15N3O2S/c16-18-15-9-7-14(8-10-15)17-13-5-3-12(4-6-13)2-1-11-21(19)20/h3-9,11,17H,1-2,10H2. The lowest BCUT2D eigenvalue weighted by Crippen LogP contribution is -2.04. The fourth-order valence-electron chi connectivity index (χ4n) is 1.95. The van der Waals surface area contributed by atoms with Gasteiger partial charge in [0.05, 0.1) is 6.42 Å². The number of allylic oxidation sites excluding steroid dienone is 3. The van der Waals surface area contributed by atoms with Crippen LogP contribution in [0.1, 0.15) is 18.4 Å². The van der Waals surface area contributed by atoms with E-state index in [9.17, 15) is 8.42 Å². The average Bonchev–Trinajstić information content (AvgIpc) is 2.49. The van der Waals surface area contributed by atoms with Crippen molar-refractivity contribution in [1.82, 2.24) is 0 Å². The summed E-state index contributed by atoms with van der Waals surface area (Å²) in [5.74, 6) is 0. The van der Waals surface area contributed by atoms with Crippen LogP contribution in [0.3, 0.4) is 0 Å². The highest BCUT2D eigenvalue weighted by Crippen LogP contribution is 2.15. The second-order valence-corrected chi connectivity index (χ2v) is 5.43. The minimum Gasteiger partial charge on any atom is -0.361 e. The monoisotopic (exact) mass is 301 g/mol. The maximum absolute atomic E-state index is 10.4. The SMILES string of the molecule is [N-]=[N+]=C1C=CC(Nc2ccc(CCC=S(=O)=O)cc2)=CC1. The molecule has 1 aliphatic carbocycles. The van der Waals surface area contributed by atoms with E-state index in [1.54, 1.807) is 6.08 Å². The summed E-state index contributed by atoms with van der Waals surface area (Å²) in [7, 11) is -2.08. The maximum Gasteiger partial charge on any atom is 0.295 e. The minimum absolute atomic E-state index is 0.514. The second-order valence-electron chi connectivity index (χ2n) is 4.58. The first-order chi connectivity index (χ1) is 10.2. The Morgan fingerprint density at radius 1 is 1.24 bits per heavy atom. The van der Waals surface area contributed by atoms with Gasteiger partial charge in [0.1, 0.15) is 0 Å². The zero-order valence-corrected chi connectivity index (χ0v) is 12.2. The molecule has 5 nitrogen and oxygen atoms in total. The smallest absolute Gasteiger partial charge is 0.295 e. The lowest BCUT2D eigenvalue weighted by molar-refractivity contribution is -0.00540. The van der Waals surface area contributed by atoms with Crippen LogP contribution in [-0.4, -0.2) is 24.3 Å². The molecule has 6 heteroatoms. The quantitative estimate of drug-likeness (QED) is 0.514. The van der Waals surface area contributed by atoms with Gasteiger partial charge >= 0.3 is 0 Å². The zero-order valence-electron chi connectivity index (χ0n) is 11.4. The van der Waals surface area contributed by atoms with Crippen molar-refractivity contribution in [1.29, 1.82) is 0 Å². The Kier molecular flexibility index (Phi) is 5.26. The Morgan fingerprint density at radius 2 is 2.00 bits per heavy atom. The molecule has 0 saturated carbocycles. The van der Waals surface area contributed by atoms with E-state index in [0.29, 0.717) is 25.0 Å². The van der Waals surface area contributed by atoms with Crippen molar-refractivity contribution >= 4 is 27.1 Å². The Labute approximate surface area is 124 Å². The predicted octanol–water partition coefficient (Wildman–Crippen LogP) is 2.23. The fraction of sp³-hybridized carbons (Fsp3) is 0.200. The highest BCUT2D eigenvalue weighted by Gasteiger charge is 2.07. The fourth-order valence-corrected chi connectivity index (χ4v) is 2.26. The topological polar surface area (TPSA) is 82.6 Å². The zero-order chi connectivity index (χ0) is 15.1. The molecular formula is C15H15N3O2S. The molecule has 0 aromatic heterocycles. The van der Waals surface area contributed by atoms with Gasteiger partial charge in [-0.25, -0.2) is 0 Å². The van der Waals surface area contributed by atoms with E-state index in [0.717, 1.165) is 16.9 Å². The van der Waals surface area contributed by atoms with Crippen molar-refractivity contribution in [2.24, 2.45) is 0 Å². The van der Waals surface area contributed by atoms with Crippen LogP contribution in [-0.2, 0) is 16.7 Å². The normalized spacial score (nSPS) is 13.3. The molecule has 0 atom stereocenters. The summed E-state index contributed by atoms with van der Waals surface area (Å²) in [5.41, 5.74) is 12.3. The van der Waals surface area contributed by atoms with E-state index in [2.05, 4.69) is 10.1 Å². The first kappa shape index (κ1) is 15.0. The molecular weight excluding hydrogens is 286 g/mol. The summed E-state index contributed by atoms with van der Waals surface area (Å²) in [6, 6.07) is 7.84. The molecule has 1 aromatic rings. The van der Waals surface area contributed by atoms with Crippen molar-refractivity contribution in [2.45, 2.75) is 19.3 Å². The third kappa shape index (κ3) is 4.87. The van der Waals surface area contributed by atoms with Crippen molar-refractivity contribution in [2.75, 3.05) is 5.32 Å². The van der Waals surface area contributed by atoms with Gasteiger partial charge in [0, 0.05) is 22.8 Å². The first-order valence-corrected chi connectivity index (χ1v) is 7.68. The first-order valence-electron chi connectivity index (χ1n) is 6.54. The van der Waals surface area contributed by atoms with Gasteiger partial charge in [-0.15, -0.1) is 0 Å². The van der Waals surface area contributed by atoms with Gasteiger partial charge in [-0.1, -0.05) is 12.1 Å². The van der Waals surface area contributed by atoms with Crippen LogP contribution in [0.2, 0.25) is 0 Å². The van der Waals surface area contributed by atoms with E-state index in [1.807, 2.05) is 36.4 Å². The molecule has 0 radical (unpaired) electrons. The third-order valence-corrected chi connectivity index (χ3v) is 3.55. The Bertz CT molecular complexity index is 745. The number of nitrogens with zero attached hydrogens (tertiary/aromatic N) is 2. The van der Waals surface area contributed by atoms with E-state index in [-0.39, 0.29) is 0 Å². The number of hydrogen-bond donors (Lipinski definition) is 1. The molecule has 1 aliphatic rings. The molecule has 108 valence electrons. The highest BCUT2D eigenvalue weighted by molar-refractivity contribution is 7.71. The summed E-state index contributed by atoms with van der Waals surface area (Å²) in [6.45, 7) is 0. The highest BCUT2D eigenvalue weighted by atomic mass is 32.2. The Balaban J connectivity index is 1.94. The Morgan fingerprint density at radius 3 is 2.57 bits per heavy atom. The van der Waals surface area contributed by atoms with Crippen molar-refractivity contribution in [3.8, 4) is 0 Å². The van der Waals surface area contributed by atoms with Crippen molar-refractivity contribution in [3.63, 3.8) is 0 Å². The Hall–Kier alpha value is -2.43. The summed E-state index contributed by atoms with van der Waals surface area (Å²) < 4.78 is 20.8. The van der Waals surface area contributed by atoms with Crippen LogP contribution in [0.4, 0.5) is 5.69 Å². The van der Waals surface area contributed by atoms with Gasteiger partial charge in [-0.3, -0.25) is 0 Å². The van der Waals surface area contributed by atoms with Gasteiger partial charge in [0.15, 0.2) is 0 Å². The van der Waals surface area contributed by atoms with Crippen LogP contribution in [0.15, 0.2) is 48.2 Å². The number of anilines is 1. The number of hydrogen-bond acceptors (Lipinski definition) is 3. The van der Waals surface area contributed by atoms with Gasteiger partial charge < -0.3 is 10.8 Å². The number of aryl methyl sites for hydroxylation is 1. The largest absolute Gasteiger partial charge is 0.361 e. The maximum atomic E-state index is 10.4. The summed E-state index contributed by atoms with van der Waals surface area (Å²) in [4.78, 5) is 3.15. The molecule has 0 bridgehead atoms. The van der Waals surface area contributed by atoms with Crippen LogP contribution < -0.4 is 5.32 Å². The van der Waals surface area contributed by atoms with Gasteiger partial charge in [-0.05, 0) is 42.7 Å². The molecule has 21 heavy (non-hydrogen) atoms. The molecule has 0 aliphatic heterocycles. The molecule has 2 rings (SSSR count). The summed E-state index contributed by atoms with van der Waals surface area (Å²) in [6.07, 6.45) is 7.37. The van der Waals surface area contributed by atoms with E-state index >= 15 is 0 Å². The van der Waals surface area contributed by atoms with E-state index in [4.69, 9.17) is 5.53 Å². The van der Waals surface area contributed by atoms with Gasteiger partial charge in [0.25, 0.3) is 5.71 Å². The van der Waals surface area contributed by atoms with Crippen LogP contribution >= 0.6 is 0 Å². The van der Waals surface area contributed by atoms with E-state index in [1.165, 1.54) is 5.37 Å². The molecule has 1 aromatic carbocycles. The van der Waals surface area contributed by atoms with Gasteiger partial charge in [0.2, 0.25) is 10.3 Å². The average molecular weight is 301 g/mol. The minimum atomic E-state index is -2.08. The molecule has 1 N–H and O–H groups in total. The van der Waals surface area contributed by atoms with Gasteiger partial charge in [-0.2, -0.15) is 13.2 Å². The summed E-state index contributed by atoms with van der Waals surface area (Å²) in [5, 5.41) is 4.53. The third-order valence-electron chi connectivity index (χ3n) is 3.04. The molecule has 0 amide bonds. The second kappa shape index (κ2) is 7.38. The van der Waals surface area contributed by atoms with E-state index < -0.39 is 10.3 Å². The lowest BCUT2D eigenvalue weighted by Gasteiger charge is -2.09. The molecule has 0 heterocycles. The molecule has 0 fully saturated rings. The molecule has 0 unspecified atom stereocenters. The summed E-state index contributed by atoms with van der Waals surface area (Å²) >= 11 is 0. The van der Waals surface area contributed by atoms with Crippen LogP contribution in [0.25, 0.3) is 5.53 Å².